The Morgan fingerprint density at radius 3 is 2.73 bits per heavy atom. The summed E-state index contributed by atoms with van der Waals surface area (Å²) in [7, 11) is 0. The summed E-state index contributed by atoms with van der Waals surface area (Å²) in [5.41, 5.74) is 2.27. The van der Waals surface area contributed by atoms with Crippen LogP contribution >= 0.6 is 0 Å². The van der Waals surface area contributed by atoms with Crippen molar-refractivity contribution in [3.8, 4) is 11.4 Å². The van der Waals surface area contributed by atoms with Gasteiger partial charge in [-0.25, -0.2) is 29.7 Å². The number of rotatable bonds is 5. The highest BCUT2D eigenvalue weighted by molar-refractivity contribution is 5.86. The fraction of sp³-hybridized carbons (Fsp3) is 0.500. The van der Waals surface area contributed by atoms with Gasteiger partial charge in [0.25, 0.3) is 0 Å². The number of carbonyl (C=O) groups excluding carboxylic acids is 1. The van der Waals surface area contributed by atoms with Gasteiger partial charge < -0.3 is 19.5 Å². The first-order chi connectivity index (χ1) is 14.5. The number of nitrogens with zero attached hydrogens (tertiary/aromatic N) is 7. The molecule has 0 unspecified atom stereocenters. The van der Waals surface area contributed by atoms with E-state index in [1.165, 1.54) is 6.33 Å². The summed E-state index contributed by atoms with van der Waals surface area (Å²) in [5, 5.41) is 3.44. The van der Waals surface area contributed by atoms with Crippen LogP contribution in [0, 0.1) is 6.92 Å². The first kappa shape index (κ1) is 20.0. The van der Waals surface area contributed by atoms with Gasteiger partial charge in [0.1, 0.15) is 18.0 Å². The molecule has 30 heavy (non-hydrogen) atoms. The summed E-state index contributed by atoms with van der Waals surface area (Å²) in [6.07, 6.45) is 5.48. The highest BCUT2D eigenvalue weighted by Crippen LogP contribution is 2.27. The molecule has 3 aromatic rings. The minimum absolute atomic E-state index is 0.0701. The predicted octanol–water partition coefficient (Wildman–Crippen LogP) is 2.64. The van der Waals surface area contributed by atoms with Crippen molar-refractivity contribution < 1.29 is 9.53 Å². The topological polar surface area (TPSA) is 111 Å². The van der Waals surface area contributed by atoms with Crippen molar-refractivity contribution >= 4 is 23.1 Å². The quantitative estimate of drug-likeness (QED) is 0.683. The Balaban J connectivity index is 1.60. The van der Waals surface area contributed by atoms with Gasteiger partial charge in [0.15, 0.2) is 17.0 Å². The van der Waals surface area contributed by atoms with Crippen LogP contribution in [0.3, 0.4) is 0 Å². The summed E-state index contributed by atoms with van der Waals surface area (Å²) >= 11 is 0. The van der Waals surface area contributed by atoms with E-state index in [0.29, 0.717) is 36.8 Å². The number of fused-ring (bicyclic) bond motifs is 1. The molecular weight excluding hydrogens is 384 g/mol. The average molecular weight is 410 g/mol. The van der Waals surface area contributed by atoms with Gasteiger partial charge in [-0.05, 0) is 34.1 Å². The van der Waals surface area contributed by atoms with Crippen molar-refractivity contribution in [1.29, 1.82) is 0 Å². The summed E-state index contributed by atoms with van der Waals surface area (Å²) in [5.74, 6) is 2.12. The molecule has 0 spiro atoms. The molecule has 10 nitrogen and oxygen atoms in total. The third-order valence-electron chi connectivity index (χ3n) is 5.01. The maximum atomic E-state index is 12.2. The summed E-state index contributed by atoms with van der Waals surface area (Å²) in [6, 6.07) is 0.0701. The Bertz CT molecular complexity index is 1050. The first-order valence-electron chi connectivity index (χ1n) is 10.2. The summed E-state index contributed by atoms with van der Waals surface area (Å²) in [6.45, 7) is 9.50. The zero-order valence-corrected chi connectivity index (χ0v) is 17.7. The number of imidazole rings is 1. The lowest BCUT2D eigenvalue weighted by Gasteiger charge is -2.18. The van der Waals surface area contributed by atoms with Crippen molar-refractivity contribution in [3.05, 3.63) is 24.5 Å². The van der Waals surface area contributed by atoms with Crippen molar-refractivity contribution in [2.24, 2.45) is 0 Å². The molecule has 3 aromatic heterocycles. The van der Waals surface area contributed by atoms with Crippen LogP contribution in [0.25, 0.3) is 22.6 Å². The van der Waals surface area contributed by atoms with E-state index in [-0.39, 0.29) is 18.2 Å². The van der Waals surface area contributed by atoms with Crippen LogP contribution in [0.5, 0.6) is 0 Å². The van der Waals surface area contributed by atoms with Crippen molar-refractivity contribution in [1.82, 2.24) is 34.4 Å². The SMILES string of the molecule is CCn1c(-c2cnc(C)nc2)nc2c(N[C@H]3CCN(C(=O)OC(C)C)C3)ncnc21. The van der Waals surface area contributed by atoms with Crippen LogP contribution in [0.2, 0.25) is 0 Å². The Labute approximate surface area is 174 Å². The predicted molar refractivity (Wildman–Crippen MR) is 112 cm³/mol. The molecule has 1 aliphatic heterocycles. The van der Waals surface area contributed by atoms with Crippen molar-refractivity contribution in [2.45, 2.75) is 52.8 Å². The van der Waals surface area contributed by atoms with E-state index in [0.717, 1.165) is 23.5 Å². The first-order valence-corrected chi connectivity index (χ1v) is 10.2. The molecule has 1 amide bonds. The number of hydrogen-bond donors (Lipinski definition) is 1. The van der Waals surface area contributed by atoms with Gasteiger partial charge >= 0.3 is 6.09 Å². The molecule has 0 bridgehead atoms. The molecule has 10 heteroatoms. The monoisotopic (exact) mass is 410 g/mol. The second kappa shape index (κ2) is 8.21. The molecule has 158 valence electrons. The molecule has 1 N–H and O–H groups in total. The van der Waals surface area contributed by atoms with Crippen LogP contribution in [0.15, 0.2) is 18.7 Å². The Hall–Kier alpha value is -3.30. The maximum Gasteiger partial charge on any atom is 0.410 e. The number of nitrogens with one attached hydrogen (secondary N) is 1. The van der Waals surface area contributed by atoms with Gasteiger partial charge in [0.05, 0.1) is 11.7 Å². The van der Waals surface area contributed by atoms with Gasteiger partial charge in [-0.3, -0.25) is 0 Å². The van der Waals surface area contributed by atoms with Crippen molar-refractivity contribution in [2.75, 3.05) is 18.4 Å². The lowest BCUT2D eigenvalue weighted by Crippen LogP contribution is -2.33. The van der Waals surface area contributed by atoms with Gasteiger partial charge in [-0.2, -0.15) is 0 Å². The third kappa shape index (κ3) is 3.89. The number of carbonyl (C=O) groups is 1. The summed E-state index contributed by atoms with van der Waals surface area (Å²) < 4.78 is 7.32. The zero-order chi connectivity index (χ0) is 21.3. The molecule has 0 aromatic carbocycles. The molecule has 4 rings (SSSR count). The largest absolute Gasteiger partial charge is 0.447 e. The minimum Gasteiger partial charge on any atom is -0.447 e. The van der Waals surface area contributed by atoms with E-state index in [1.54, 1.807) is 17.3 Å². The maximum absolute atomic E-state index is 12.2. The normalized spacial score (nSPS) is 16.4. The second-order valence-corrected chi connectivity index (χ2v) is 7.60. The molecule has 0 aliphatic carbocycles. The minimum atomic E-state index is -0.279. The van der Waals surface area contributed by atoms with E-state index in [4.69, 9.17) is 9.72 Å². The molecule has 1 saturated heterocycles. The van der Waals surface area contributed by atoms with Crippen LogP contribution < -0.4 is 5.32 Å². The number of amides is 1. The van der Waals surface area contributed by atoms with Crippen LogP contribution in [0.4, 0.5) is 10.6 Å². The molecule has 1 aliphatic rings. The molecule has 0 saturated carbocycles. The third-order valence-corrected chi connectivity index (χ3v) is 5.01. The highest BCUT2D eigenvalue weighted by Gasteiger charge is 2.29. The number of ether oxygens (including phenoxy) is 1. The second-order valence-electron chi connectivity index (χ2n) is 7.60. The number of anilines is 1. The highest BCUT2D eigenvalue weighted by atomic mass is 16.6. The van der Waals surface area contributed by atoms with Crippen LogP contribution in [-0.2, 0) is 11.3 Å². The molecule has 1 fully saturated rings. The lowest BCUT2D eigenvalue weighted by atomic mass is 10.2. The van der Waals surface area contributed by atoms with Crippen LogP contribution in [0.1, 0.15) is 33.0 Å². The van der Waals surface area contributed by atoms with E-state index >= 15 is 0 Å². The Morgan fingerprint density at radius 2 is 2.03 bits per heavy atom. The number of aryl methyl sites for hydroxylation is 2. The van der Waals surface area contributed by atoms with E-state index in [9.17, 15) is 4.79 Å². The van der Waals surface area contributed by atoms with Gasteiger partial charge in [0.2, 0.25) is 0 Å². The fourth-order valence-electron chi connectivity index (χ4n) is 3.58. The smallest absolute Gasteiger partial charge is 0.410 e. The van der Waals surface area contributed by atoms with E-state index < -0.39 is 0 Å². The number of aromatic nitrogens is 6. The van der Waals surface area contributed by atoms with E-state index in [1.807, 2.05) is 32.3 Å². The molecule has 4 heterocycles. The van der Waals surface area contributed by atoms with Gasteiger partial charge in [-0.15, -0.1) is 0 Å². The number of likely N-dealkylation sites (tertiary alicyclic amines) is 1. The molecule has 1 atom stereocenters. The van der Waals surface area contributed by atoms with Gasteiger partial charge in [-0.1, -0.05) is 0 Å². The van der Waals surface area contributed by atoms with Crippen LogP contribution in [-0.4, -0.2) is 65.7 Å². The average Bonchev–Trinajstić information content (AvgIpc) is 3.33. The molecule has 0 radical (unpaired) electrons. The summed E-state index contributed by atoms with van der Waals surface area (Å²) in [4.78, 5) is 36.1. The lowest BCUT2D eigenvalue weighted by molar-refractivity contribution is 0.0834. The fourth-order valence-corrected chi connectivity index (χ4v) is 3.58. The standard InChI is InChI=1S/C20H26N8O2/c1-5-28-18(14-8-21-13(4)22-9-14)26-16-17(23-11-24-19(16)28)25-15-6-7-27(10-15)20(29)30-12(2)3/h8-9,11-12,15H,5-7,10H2,1-4H3,(H,23,24,25)/t15-/m0/s1. The van der Waals surface area contributed by atoms with E-state index in [2.05, 4.69) is 25.3 Å². The van der Waals surface area contributed by atoms with Crippen molar-refractivity contribution in [3.63, 3.8) is 0 Å². The Kier molecular flexibility index (Phi) is 5.47. The molecular formula is C20H26N8O2. The Morgan fingerprint density at radius 1 is 1.27 bits per heavy atom. The zero-order valence-electron chi connectivity index (χ0n) is 17.7. The van der Waals surface area contributed by atoms with Gasteiger partial charge in [0, 0.05) is 38.1 Å². The number of hydrogen-bond acceptors (Lipinski definition) is 8.